The summed E-state index contributed by atoms with van der Waals surface area (Å²) in [7, 11) is -3.97. The molecule has 4 aromatic carbocycles. The molecule has 4 rings (SSSR count). The van der Waals surface area contributed by atoms with Crippen molar-refractivity contribution in [3.63, 3.8) is 0 Å². The molecular weight excluding hydrogens is 500 g/mol. The smallest absolute Gasteiger partial charge is 0.264 e. The van der Waals surface area contributed by atoms with Gasteiger partial charge in [0.2, 0.25) is 5.91 Å². The first-order valence-electron chi connectivity index (χ1n) is 12.0. The maximum Gasteiger partial charge on any atom is 0.264 e. The minimum atomic E-state index is -3.97. The first-order valence-corrected chi connectivity index (χ1v) is 14.4. The maximum absolute atomic E-state index is 13.7. The van der Waals surface area contributed by atoms with Gasteiger partial charge in [-0.25, -0.2) is 8.42 Å². The normalized spacial score (nSPS) is 11.2. The summed E-state index contributed by atoms with van der Waals surface area (Å²) in [5.41, 5.74) is 4.88. The highest BCUT2D eigenvalue weighted by Gasteiger charge is 2.28. The zero-order valence-electron chi connectivity index (χ0n) is 21.1. The van der Waals surface area contributed by atoms with Crippen LogP contribution in [-0.2, 0) is 20.6 Å². The minimum absolute atomic E-state index is 0.145. The Balaban J connectivity index is 1.52. The fraction of sp³-hybridized carbons (Fsp3) is 0.167. The van der Waals surface area contributed by atoms with Crippen molar-refractivity contribution in [2.45, 2.75) is 36.3 Å². The summed E-state index contributed by atoms with van der Waals surface area (Å²) in [6.45, 7) is 5.30. The van der Waals surface area contributed by atoms with Gasteiger partial charge < -0.3 is 5.32 Å². The van der Waals surface area contributed by atoms with E-state index >= 15 is 0 Å². The molecule has 0 radical (unpaired) electrons. The van der Waals surface area contributed by atoms with Crippen LogP contribution in [0.15, 0.2) is 107 Å². The fourth-order valence-electron chi connectivity index (χ4n) is 3.82. The molecule has 0 bridgehead atoms. The van der Waals surface area contributed by atoms with Crippen molar-refractivity contribution in [3.8, 4) is 0 Å². The van der Waals surface area contributed by atoms with Crippen molar-refractivity contribution < 1.29 is 13.2 Å². The van der Waals surface area contributed by atoms with E-state index in [0.717, 1.165) is 28.0 Å². The largest absolute Gasteiger partial charge is 0.325 e. The number of hydrogen-bond donors (Lipinski definition) is 1. The third-order valence-corrected chi connectivity index (χ3v) is 8.77. The van der Waals surface area contributed by atoms with Crippen molar-refractivity contribution in [3.05, 3.63) is 119 Å². The molecule has 0 spiro atoms. The first kappa shape index (κ1) is 26.5. The van der Waals surface area contributed by atoms with Gasteiger partial charge in [-0.2, -0.15) is 0 Å². The van der Waals surface area contributed by atoms with Gasteiger partial charge in [-0.15, -0.1) is 11.8 Å². The van der Waals surface area contributed by atoms with Crippen LogP contribution in [-0.4, -0.2) is 20.9 Å². The number of thioether (sulfide) groups is 1. The zero-order chi connectivity index (χ0) is 26.4. The highest BCUT2D eigenvalue weighted by atomic mass is 32.2. The number of benzene rings is 4. The first-order chi connectivity index (χ1) is 17.7. The molecule has 1 amide bonds. The lowest BCUT2D eigenvalue weighted by Crippen LogP contribution is -2.38. The highest BCUT2D eigenvalue weighted by molar-refractivity contribution is 7.98. The molecule has 1 N–H and O–H groups in total. The highest BCUT2D eigenvalue weighted by Crippen LogP contribution is 2.28. The number of amides is 1. The topological polar surface area (TPSA) is 66.5 Å². The summed E-state index contributed by atoms with van der Waals surface area (Å²) in [6.07, 6.45) is 0. The number of sulfonamides is 1. The van der Waals surface area contributed by atoms with E-state index in [-0.39, 0.29) is 11.4 Å². The van der Waals surface area contributed by atoms with Crippen molar-refractivity contribution in [2.24, 2.45) is 0 Å². The molecule has 4 aromatic rings. The molecule has 0 atom stereocenters. The lowest BCUT2D eigenvalue weighted by molar-refractivity contribution is -0.114. The SMILES string of the molecule is Cc1ccc(S(=O)(=O)N(CC(=O)Nc2ccc(CSc3ccccc3)cc2)c2cc(C)ccc2C)cc1. The molecule has 7 heteroatoms. The van der Waals surface area contributed by atoms with Crippen molar-refractivity contribution in [1.29, 1.82) is 0 Å². The summed E-state index contributed by atoms with van der Waals surface area (Å²) >= 11 is 1.74. The fourth-order valence-corrected chi connectivity index (χ4v) is 6.18. The molecule has 0 fully saturated rings. The van der Waals surface area contributed by atoms with E-state index in [9.17, 15) is 13.2 Å². The van der Waals surface area contributed by atoms with E-state index in [4.69, 9.17) is 0 Å². The molecule has 37 heavy (non-hydrogen) atoms. The molecule has 0 unspecified atom stereocenters. The van der Waals surface area contributed by atoms with Crippen LogP contribution in [0.1, 0.15) is 22.3 Å². The molecule has 0 aromatic heterocycles. The van der Waals surface area contributed by atoms with Gasteiger partial charge in [-0.1, -0.05) is 60.2 Å². The van der Waals surface area contributed by atoms with Gasteiger partial charge in [0.15, 0.2) is 0 Å². The number of hydrogen-bond acceptors (Lipinski definition) is 4. The molecule has 0 aliphatic carbocycles. The van der Waals surface area contributed by atoms with Gasteiger partial charge in [0, 0.05) is 16.3 Å². The summed E-state index contributed by atoms with van der Waals surface area (Å²) in [6, 6.07) is 30.1. The Morgan fingerprint density at radius 2 is 1.46 bits per heavy atom. The zero-order valence-corrected chi connectivity index (χ0v) is 22.8. The molecular formula is C30H30N2O3S2. The van der Waals surface area contributed by atoms with Crippen molar-refractivity contribution in [1.82, 2.24) is 0 Å². The van der Waals surface area contributed by atoms with Gasteiger partial charge >= 0.3 is 0 Å². The maximum atomic E-state index is 13.7. The molecule has 0 heterocycles. The van der Waals surface area contributed by atoms with Crippen LogP contribution in [0.3, 0.4) is 0 Å². The molecule has 0 aliphatic rings. The van der Waals surface area contributed by atoms with E-state index in [0.29, 0.717) is 11.4 Å². The number of carbonyl (C=O) groups is 1. The van der Waals surface area contributed by atoms with Crippen LogP contribution in [0.25, 0.3) is 0 Å². The van der Waals surface area contributed by atoms with Crippen molar-refractivity contribution >= 4 is 39.1 Å². The van der Waals surface area contributed by atoms with Crippen LogP contribution in [0.5, 0.6) is 0 Å². The second kappa shape index (κ2) is 11.7. The summed E-state index contributed by atoms with van der Waals surface area (Å²) in [5, 5.41) is 2.86. The number of nitrogens with zero attached hydrogens (tertiary/aromatic N) is 1. The average molecular weight is 531 g/mol. The minimum Gasteiger partial charge on any atom is -0.325 e. The Labute approximate surface area is 223 Å². The van der Waals surface area contributed by atoms with E-state index in [1.165, 1.54) is 9.20 Å². The summed E-state index contributed by atoms with van der Waals surface area (Å²) < 4.78 is 28.5. The number of nitrogens with one attached hydrogen (secondary N) is 1. The molecule has 0 saturated heterocycles. The van der Waals surface area contributed by atoms with Gasteiger partial charge in [-0.3, -0.25) is 9.10 Å². The van der Waals surface area contributed by atoms with Crippen LogP contribution in [0.2, 0.25) is 0 Å². The number of carbonyl (C=O) groups excluding carboxylic acids is 1. The van der Waals surface area contributed by atoms with Gasteiger partial charge in [0.05, 0.1) is 10.6 Å². The van der Waals surface area contributed by atoms with E-state index in [1.807, 2.05) is 75.4 Å². The molecule has 5 nitrogen and oxygen atoms in total. The van der Waals surface area contributed by atoms with Crippen LogP contribution >= 0.6 is 11.8 Å². The predicted octanol–water partition coefficient (Wildman–Crippen LogP) is 6.74. The lowest BCUT2D eigenvalue weighted by Gasteiger charge is -2.26. The van der Waals surface area contributed by atoms with E-state index in [2.05, 4.69) is 17.4 Å². The van der Waals surface area contributed by atoms with Gasteiger partial charge in [0.1, 0.15) is 6.54 Å². The Bertz CT molecular complexity index is 1470. The Morgan fingerprint density at radius 3 is 2.14 bits per heavy atom. The van der Waals surface area contributed by atoms with E-state index in [1.54, 1.807) is 42.1 Å². The number of anilines is 2. The standard InChI is InChI=1S/C30H30N2O3S2/c1-22-10-17-28(18-11-22)37(34,35)32(29-19-23(2)9-12-24(29)3)20-30(33)31-26-15-13-25(14-16-26)21-36-27-7-5-4-6-8-27/h4-19H,20-21H2,1-3H3,(H,31,33). The molecule has 190 valence electrons. The van der Waals surface area contributed by atoms with Crippen LogP contribution < -0.4 is 9.62 Å². The summed E-state index contributed by atoms with van der Waals surface area (Å²) in [5.74, 6) is 0.399. The Kier molecular flexibility index (Phi) is 8.36. The lowest BCUT2D eigenvalue weighted by atomic mass is 10.1. The van der Waals surface area contributed by atoms with Crippen LogP contribution in [0.4, 0.5) is 11.4 Å². The number of aryl methyl sites for hydroxylation is 3. The van der Waals surface area contributed by atoms with Crippen molar-refractivity contribution in [2.75, 3.05) is 16.2 Å². The summed E-state index contributed by atoms with van der Waals surface area (Å²) in [4.78, 5) is 14.4. The third-order valence-electron chi connectivity index (χ3n) is 5.92. The predicted molar refractivity (Wildman–Crippen MR) is 153 cm³/mol. The molecule has 0 saturated carbocycles. The Hall–Kier alpha value is -3.55. The monoisotopic (exact) mass is 530 g/mol. The third kappa shape index (κ3) is 6.81. The Morgan fingerprint density at radius 1 is 0.811 bits per heavy atom. The quantitative estimate of drug-likeness (QED) is 0.244. The van der Waals surface area contributed by atoms with Crippen LogP contribution in [0, 0.1) is 20.8 Å². The number of rotatable bonds is 9. The second-order valence-corrected chi connectivity index (χ2v) is 11.9. The molecule has 0 aliphatic heterocycles. The van der Waals surface area contributed by atoms with Gasteiger partial charge in [0.25, 0.3) is 10.0 Å². The second-order valence-electron chi connectivity index (χ2n) is 8.96. The average Bonchev–Trinajstić information content (AvgIpc) is 2.89. The van der Waals surface area contributed by atoms with E-state index < -0.39 is 15.9 Å². The van der Waals surface area contributed by atoms with Gasteiger partial charge in [-0.05, 0) is 79.9 Å².